The topological polar surface area (TPSA) is 105 Å². The molecule has 2 amide bonds. The monoisotopic (exact) mass is 464 g/mol. The summed E-state index contributed by atoms with van der Waals surface area (Å²) in [4.78, 5) is 36.8. The number of fused-ring (bicyclic) bond motifs is 3. The second-order valence-electron chi connectivity index (χ2n) is 9.64. The molecule has 0 bridgehead atoms. The standard InChI is InChI=1S/C27H32N2O5/c1-16(2)22(25(30)29-24(26(31)32)13-17-11-12-17)14-28-27(33)34-15-23-20-9-5-3-7-18(20)19-8-4-6-10-21(19)23/h3-10,16-17,22-24H,11-15H2,1-2H3,(H,28,33)(H,29,30)(H,31,32). The van der Waals surface area contributed by atoms with Crippen LogP contribution in [0.3, 0.4) is 0 Å². The molecule has 0 aromatic heterocycles. The van der Waals surface area contributed by atoms with Crippen LogP contribution in [0.4, 0.5) is 4.79 Å². The smallest absolute Gasteiger partial charge is 0.407 e. The highest BCUT2D eigenvalue weighted by Gasteiger charge is 2.33. The predicted molar refractivity (Wildman–Crippen MR) is 128 cm³/mol. The van der Waals surface area contributed by atoms with Gasteiger partial charge in [0.1, 0.15) is 12.6 Å². The van der Waals surface area contributed by atoms with Gasteiger partial charge < -0.3 is 20.5 Å². The molecule has 0 radical (unpaired) electrons. The number of aliphatic carboxylic acids is 1. The van der Waals surface area contributed by atoms with Gasteiger partial charge in [-0.2, -0.15) is 0 Å². The van der Waals surface area contributed by atoms with E-state index in [1.54, 1.807) is 0 Å². The summed E-state index contributed by atoms with van der Waals surface area (Å²) in [7, 11) is 0. The zero-order chi connectivity index (χ0) is 24.2. The molecule has 4 rings (SSSR count). The third-order valence-electron chi connectivity index (χ3n) is 6.83. The molecule has 1 fully saturated rings. The molecule has 0 heterocycles. The Kier molecular flexibility index (Phi) is 7.20. The molecule has 7 nitrogen and oxygen atoms in total. The van der Waals surface area contributed by atoms with Crippen molar-refractivity contribution in [1.82, 2.24) is 10.6 Å². The third kappa shape index (κ3) is 5.41. The minimum Gasteiger partial charge on any atom is -0.480 e. The van der Waals surface area contributed by atoms with Gasteiger partial charge in [0.25, 0.3) is 0 Å². The lowest BCUT2D eigenvalue weighted by Gasteiger charge is -2.23. The van der Waals surface area contributed by atoms with Gasteiger partial charge in [-0.25, -0.2) is 9.59 Å². The van der Waals surface area contributed by atoms with E-state index in [1.165, 1.54) is 0 Å². The second kappa shape index (κ2) is 10.3. The lowest BCUT2D eigenvalue weighted by Crippen LogP contribution is -2.48. The molecule has 0 spiro atoms. The molecule has 180 valence electrons. The molecule has 1 saturated carbocycles. The average Bonchev–Trinajstić information content (AvgIpc) is 3.57. The van der Waals surface area contributed by atoms with Gasteiger partial charge in [-0.3, -0.25) is 4.79 Å². The van der Waals surface area contributed by atoms with Crippen LogP contribution < -0.4 is 10.6 Å². The van der Waals surface area contributed by atoms with E-state index in [-0.39, 0.29) is 30.9 Å². The summed E-state index contributed by atoms with van der Waals surface area (Å²) in [5, 5.41) is 14.8. The van der Waals surface area contributed by atoms with E-state index < -0.39 is 24.0 Å². The van der Waals surface area contributed by atoms with Gasteiger partial charge in [-0.05, 0) is 40.5 Å². The Morgan fingerprint density at radius 3 is 2.12 bits per heavy atom. The van der Waals surface area contributed by atoms with Crippen molar-refractivity contribution in [2.24, 2.45) is 17.8 Å². The number of hydrogen-bond acceptors (Lipinski definition) is 4. The number of carbonyl (C=O) groups is 3. The lowest BCUT2D eigenvalue weighted by molar-refractivity contribution is -0.143. The Balaban J connectivity index is 1.32. The number of ether oxygens (including phenoxy) is 1. The molecule has 7 heteroatoms. The van der Waals surface area contributed by atoms with Gasteiger partial charge >= 0.3 is 12.1 Å². The summed E-state index contributed by atoms with van der Waals surface area (Å²) in [5.41, 5.74) is 4.57. The number of alkyl carbamates (subject to hydrolysis) is 1. The van der Waals surface area contributed by atoms with Crippen LogP contribution in [0.1, 0.15) is 50.2 Å². The zero-order valence-corrected chi connectivity index (χ0v) is 19.6. The first-order chi connectivity index (χ1) is 16.3. The van der Waals surface area contributed by atoms with Gasteiger partial charge in [-0.15, -0.1) is 0 Å². The van der Waals surface area contributed by atoms with Crippen molar-refractivity contribution in [2.75, 3.05) is 13.2 Å². The number of carbonyl (C=O) groups excluding carboxylic acids is 2. The summed E-state index contributed by atoms with van der Waals surface area (Å²) in [6.07, 6.45) is 1.88. The van der Waals surface area contributed by atoms with E-state index in [0.29, 0.717) is 12.3 Å². The maximum absolute atomic E-state index is 12.8. The minimum atomic E-state index is -1.02. The fourth-order valence-electron chi connectivity index (χ4n) is 4.66. The number of amides is 2. The Bertz CT molecular complexity index is 1020. The van der Waals surface area contributed by atoms with Gasteiger partial charge in [0.05, 0.1) is 5.92 Å². The number of carboxylic acid groups (broad SMARTS) is 1. The van der Waals surface area contributed by atoms with Crippen molar-refractivity contribution in [3.8, 4) is 11.1 Å². The van der Waals surface area contributed by atoms with Gasteiger partial charge in [0.2, 0.25) is 5.91 Å². The highest BCUT2D eigenvalue weighted by molar-refractivity contribution is 5.85. The first-order valence-corrected chi connectivity index (χ1v) is 12.0. The van der Waals surface area contributed by atoms with Crippen LogP contribution in [0.25, 0.3) is 11.1 Å². The Morgan fingerprint density at radius 1 is 1.00 bits per heavy atom. The van der Waals surface area contributed by atoms with Gasteiger partial charge in [0, 0.05) is 12.5 Å². The van der Waals surface area contributed by atoms with Crippen molar-refractivity contribution in [1.29, 1.82) is 0 Å². The van der Waals surface area contributed by atoms with Gasteiger partial charge in [-0.1, -0.05) is 75.2 Å². The summed E-state index contributed by atoms with van der Waals surface area (Å²) in [5.74, 6) is -1.68. The first kappa shape index (κ1) is 23.8. The summed E-state index contributed by atoms with van der Waals surface area (Å²) in [6.45, 7) is 4.03. The summed E-state index contributed by atoms with van der Waals surface area (Å²) in [6, 6.07) is 15.3. The van der Waals surface area contributed by atoms with Crippen molar-refractivity contribution < 1.29 is 24.2 Å². The number of benzene rings is 2. The molecule has 34 heavy (non-hydrogen) atoms. The van der Waals surface area contributed by atoms with Crippen molar-refractivity contribution in [3.63, 3.8) is 0 Å². The largest absolute Gasteiger partial charge is 0.480 e. The van der Waals surface area contributed by atoms with Crippen molar-refractivity contribution >= 4 is 18.0 Å². The van der Waals surface area contributed by atoms with Crippen molar-refractivity contribution in [3.05, 3.63) is 59.7 Å². The van der Waals surface area contributed by atoms with E-state index >= 15 is 0 Å². The first-order valence-electron chi connectivity index (χ1n) is 12.0. The normalized spacial score (nSPS) is 16.3. The summed E-state index contributed by atoms with van der Waals surface area (Å²) >= 11 is 0. The highest BCUT2D eigenvalue weighted by atomic mass is 16.5. The van der Waals surface area contributed by atoms with E-state index in [1.807, 2.05) is 38.1 Å². The number of rotatable bonds is 10. The van der Waals surface area contributed by atoms with E-state index in [4.69, 9.17) is 4.74 Å². The van der Waals surface area contributed by atoms with Crippen LogP contribution >= 0.6 is 0 Å². The predicted octanol–water partition coefficient (Wildman–Crippen LogP) is 4.17. The van der Waals surface area contributed by atoms with Crippen LogP contribution in [0.5, 0.6) is 0 Å². The molecule has 2 aliphatic rings. The van der Waals surface area contributed by atoms with E-state index in [9.17, 15) is 19.5 Å². The fourth-order valence-corrected chi connectivity index (χ4v) is 4.66. The zero-order valence-electron chi connectivity index (χ0n) is 19.6. The van der Waals surface area contributed by atoms with Crippen LogP contribution in [0, 0.1) is 17.8 Å². The highest BCUT2D eigenvalue weighted by Crippen LogP contribution is 2.44. The molecule has 0 saturated heterocycles. The molecule has 2 atom stereocenters. The Morgan fingerprint density at radius 2 is 1.59 bits per heavy atom. The average molecular weight is 465 g/mol. The molecule has 2 aliphatic carbocycles. The number of nitrogens with one attached hydrogen (secondary N) is 2. The van der Waals surface area contributed by atoms with Crippen LogP contribution in [0.15, 0.2) is 48.5 Å². The lowest BCUT2D eigenvalue weighted by atomic mass is 9.94. The van der Waals surface area contributed by atoms with E-state index in [2.05, 4.69) is 34.9 Å². The van der Waals surface area contributed by atoms with E-state index in [0.717, 1.165) is 35.1 Å². The fraction of sp³-hybridized carbons (Fsp3) is 0.444. The molecular formula is C27H32N2O5. The summed E-state index contributed by atoms with van der Waals surface area (Å²) < 4.78 is 5.55. The van der Waals surface area contributed by atoms with Crippen LogP contribution in [0.2, 0.25) is 0 Å². The second-order valence-corrected chi connectivity index (χ2v) is 9.64. The maximum Gasteiger partial charge on any atom is 0.407 e. The van der Waals surface area contributed by atoms with Crippen molar-refractivity contribution in [2.45, 2.75) is 45.1 Å². The molecule has 3 N–H and O–H groups in total. The SMILES string of the molecule is CC(C)C(CNC(=O)OCC1c2ccccc2-c2ccccc21)C(=O)NC(CC1CC1)C(=O)O. The Hall–Kier alpha value is -3.35. The minimum absolute atomic E-state index is 0.0407. The molecule has 0 aliphatic heterocycles. The quantitative estimate of drug-likeness (QED) is 0.490. The molecule has 2 aromatic carbocycles. The number of hydrogen-bond donors (Lipinski definition) is 3. The Labute approximate surface area is 199 Å². The van der Waals surface area contributed by atoms with Gasteiger partial charge in [0.15, 0.2) is 0 Å². The third-order valence-corrected chi connectivity index (χ3v) is 6.83. The molecule has 2 unspecified atom stereocenters. The maximum atomic E-state index is 12.8. The van der Waals surface area contributed by atoms with Crippen LogP contribution in [-0.4, -0.2) is 42.3 Å². The molecular weight excluding hydrogens is 432 g/mol. The number of carboxylic acids is 1. The molecule has 2 aromatic rings. The van der Waals surface area contributed by atoms with Crippen LogP contribution in [-0.2, 0) is 14.3 Å².